The summed E-state index contributed by atoms with van der Waals surface area (Å²) in [6.07, 6.45) is 1.90. The number of fused-ring (bicyclic) bond motifs is 3. The summed E-state index contributed by atoms with van der Waals surface area (Å²) in [7, 11) is 0. The van der Waals surface area contributed by atoms with Crippen LogP contribution in [0, 0.1) is 11.3 Å². The van der Waals surface area contributed by atoms with Crippen molar-refractivity contribution in [2.75, 3.05) is 0 Å². The molecule has 7 aromatic carbocycles. The first-order valence-electron chi connectivity index (χ1n) is 22.5. The molecule has 3 heterocycles. The van der Waals surface area contributed by atoms with E-state index < -0.39 is 0 Å². The minimum atomic E-state index is -0.0814. The van der Waals surface area contributed by atoms with E-state index in [1.54, 1.807) is 6.07 Å². The van der Waals surface area contributed by atoms with Crippen LogP contribution in [0.5, 0.6) is 5.75 Å². The third-order valence-electron chi connectivity index (χ3n) is 12.7. The van der Waals surface area contributed by atoms with Crippen molar-refractivity contribution in [1.29, 1.82) is 5.26 Å². The third-order valence-corrected chi connectivity index (χ3v) is 12.7. The molecular weight excluding hydrogens is 805 g/mol. The zero-order valence-electron chi connectivity index (χ0n) is 38.1. The van der Waals surface area contributed by atoms with Crippen LogP contribution in [0.1, 0.15) is 58.2 Å². The van der Waals surface area contributed by atoms with Gasteiger partial charge in [0.1, 0.15) is 5.75 Å². The van der Waals surface area contributed by atoms with E-state index in [1.807, 2.05) is 48.7 Å². The van der Waals surface area contributed by atoms with E-state index in [0.29, 0.717) is 16.8 Å². The van der Waals surface area contributed by atoms with Crippen LogP contribution in [0.15, 0.2) is 188 Å². The molecule has 0 atom stereocenters. The normalized spacial score (nSPS) is 11.8. The maximum atomic E-state index is 11.3. The zero-order valence-corrected chi connectivity index (χ0v) is 38.1. The lowest BCUT2D eigenvalue weighted by atomic mass is 9.79. The number of aromatic hydroxyl groups is 1. The molecule has 0 radical (unpaired) electrons. The lowest BCUT2D eigenvalue weighted by Crippen LogP contribution is -2.16. The van der Waals surface area contributed by atoms with Crippen LogP contribution < -0.4 is 0 Å². The number of nitrogens with zero attached hydrogens (tertiary/aromatic N) is 4. The molecule has 0 saturated heterocycles. The minimum absolute atomic E-state index is 0.0814. The molecule has 0 bridgehead atoms. The van der Waals surface area contributed by atoms with Crippen LogP contribution in [0.4, 0.5) is 0 Å². The highest BCUT2D eigenvalue weighted by molar-refractivity contribution is 6.13. The molecule has 0 aliphatic rings. The number of pyridine rings is 2. The van der Waals surface area contributed by atoms with E-state index in [4.69, 9.17) is 9.97 Å². The Labute approximate surface area is 387 Å². The van der Waals surface area contributed by atoms with Crippen LogP contribution in [-0.2, 0) is 10.8 Å². The van der Waals surface area contributed by atoms with Gasteiger partial charge < -0.3 is 9.67 Å². The van der Waals surface area contributed by atoms with Gasteiger partial charge in [0.2, 0.25) is 0 Å². The van der Waals surface area contributed by atoms with Gasteiger partial charge >= 0.3 is 0 Å². The smallest absolute Gasteiger partial charge is 0.124 e. The molecule has 0 fully saturated rings. The van der Waals surface area contributed by atoms with Gasteiger partial charge in [0.15, 0.2) is 0 Å². The third kappa shape index (κ3) is 7.92. The molecule has 5 nitrogen and oxygen atoms in total. The summed E-state index contributed by atoms with van der Waals surface area (Å²) in [6, 6.07) is 65.1. The fourth-order valence-electron chi connectivity index (χ4n) is 9.01. The van der Waals surface area contributed by atoms with Crippen molar-refractivity contribution in [2.45, 2.75) is 52.4 Å². The number of rotatable bonds is 7. The molecule has 3 aromatic heterocycles. The Bertz CT molecular complexity index is 3470. The Balaban J connectivity index is 1.20. The fourth-order valence-corrected chi connectivity index (χ4v) is 9.01. The summed E-state index contributed by atoms with van der Waals surface area (Å²) < 4.78 is 2.37. The average Bonchev–Trinajstić information content (AvgIpc) is 3.68. The van der Waals surface area contributed by atoms with Crippen molar-refractivity contribution in [3.8, 4) is 84.7 Å². The number of aromatic nitrogens is 3. The Hall–Kier alpha value is -8.07. The predicted octanol–water partition coefficient (Wildman–Crippen LogP) is 15.7. The number of hydrogen-bond acceptors (Lipinski definition) is 4. The second-order valence-corrected chi connectivity index (χ2v) is 19.3. The van der Waals surface area contributed by atoms with Crippen molar-refractivity contribution < 1.29 is 5.11 Å². The standard InChI is InChI=1S/C61H50N4O/c1-60(2,3)47-32-43(33-48(37-47)61(4,5)6)44-35-55(64-56(36-44)53-18-11-13-22-58(53)66)46-30-42(40-25-23-39(38-62)24-26-40)29-45(31-46)54-34-41(27-28-63-54)50-19-14-20-52-51-17-10-12-21-57(51)65(59(50)52)49-15-8-7-9-16-49/h7-37,66H,1-6H3. The SMILES string of the molecule is CC(C)(C)c1cc(-c2cc(-c3cc(-c4ccc(C#N)cc4)cc(-c4cc(-c5cccc6c7ccccc7n(-c7ccccc7)c56)ccn4)c3)nc(-c3ccccc3O)c2)cc(C(C)(C)C)c1. The molecule has 66 heavy (non-hydrogen) atoms. The minimum Gasteiger partial charge on any atom is -0.507 e. The number of nitriles is 1. The van der Waals surface area contributed by atoms with Gasteiger partial charge in [-0.05, 0) is 135 Å². The van der Waals surface area contributed by atoms with Gasteiger partial charge in [-0.3, -0.25) is 4.98 Å². The second-order valence-electron chi connectivity index (χ2n) is 19.3. The lowest BCUT2D eigenvalue weighted by Gasteiger charge is -2.26. The van der Waals surface area contributed by atoms with E-state index in [0.717, 1.165) is 72.6 Å². The molecule has 5 heteroatoms. The Morgan fingerprint density at radius 1 is 0.470 bits per heavy atom. The van der Waals surface area contributed by atoms with Crippen LogP contribution in [-0.4, -0.2) is 19.6 Å². The van der Waals surface area contributed by atoms with Gasteiger partial charge in [0.05, 0.1) is 39.7 Å². The topological polar surface area (TPSA) is 74.7 Å². The summed E-state index contributed by atoms with van der Waals surface area (Å²) in [4.78, 5) is 10.4. The molecule has 0 saturated carbocycles. The monoisotopic (exact) mass is 854 g/mol. The van der Waals surface area contributed by atoms with Crippen molar-refractivity contribution in [3.05, 3.63) is 205 Å². The second kappa shape index (κ2) is 16.5. The van der Waals surface area contributed by atoms with E-state index in [-0.39, 0.29) is 16.6 Å². The van der Waals surface area contributed by atoms with Crippen molar-refractivity contribution in [2.24, 2.45) is 0 Å². The van der Waals surface area contributed by atoms with Gasteiger partial charge in [0, 0.05) is 44.9 Å². The van der Waals surface area contributed by atoms with Gasteiger partial charge in [-0.15, -0.1) is 0 Å². The van der Waals surface area contributed by atoms with Crippen LogP contribution in [0.3, 0.4) is 0 Å². The molecule has 1 N–H and O–H groups in total. The molecule has 320 valence electrons. The highest BCUT2D eigenvalue weighted by Gasteiger charge is 2.23. The highest BCUT2D eigenvalue weighted by Crippen LogP contribution is 2.42. The maximum Gasteiger partial charge on any atom is 0.124 e. The molecule has 0 spiro atoms. The van der Waals surface area contributed by atoms with Crippen LogP contribution >= 0.6 is 0 Å². The molecule has 0 aliphatic heterocycles. The summed E-state index contributed by atoms with van der Waals surface area (Å²) in [6.45, 7) is 13.5. The number of hydrogen-bond donors (Lipinski definition) is 1. The molecular formula is C61H50N4O. The largest absolute Gasteiger partial charge is 0.507 e. The van der Waals surface area contributed by atoms with Crippen LogP contribution in [0.2, 0.25) is 0 Å². The number of para-hydroxylation sites is 4. The summed E-state index contributed by atoms with van der Waals surface area (Å²) in [5.74, 6) is 0.168. The highest BCUT2D eigenvalue weighted by atomic mass is 16.3. The number of phenolic OH excluding ortho intramolecular Hbond substituents is 1. The van der Waals surface area contributed by atoms with Crippen molar-refractivity contribution >= 4 is 21.8 Å². The van der Waals surface area contributed by atoms with Gasteiger partial charge in [-0.2, -0.15) is 5.26 Å². The van der Waals surface area contributed by atoms with Gasteiger partial charge in [-0.1, -0.05) is 139 Å². The Morgan fingerprint density at radius 3 is 1.76 bits per heavy atom. The van der Waals surface area contributed by atoms with Gasteiger partial charge in [-0.25, -0.2) is 4.98 Å². The van der Waals surface area contributed by atoms with Crippen molar-refractivity contribution in [1.82, 2.24) is 14.5 Å². The zero-order chi connectivity index (χ0) is 45.7. The van der Waals surface area contributed by atoms with E-state index in [1.165, 1.54) is 21.9 Å². The Kier molecular flexibility index (Phi) is 10.5. The number of benzene rings is 7. The molecule has 0 aliphatic carbocycles. The average molecular weight is 855 g/mol. The first-order valence-corrected chi connectivity index (χ1v) is 22.5. The first kappa shape index (κ1) is 41.9. The first-order chi connectivity index (χ1) is 31.8. The molecule has 10 rings (SSSR count). The number of phenols is 1. The summed E-state index contributed by atoms with van der Waals surface area (Å²) in [5.41, 5.74) is 17.2. The van der Waals surface area contributed by atoms with E-state index >= 15 is 0 Å². The van der Waals surface area contributed by atoms with Gasteiger partial charge in [0.25, 0.3) is 0 Å². The Morgan fingerprint density at radius 2 is 1.05 bits per heavy atom. The summed E-state index contributed by atoms with van der Waals surface area (Å²) >= 11 is 0. The van der Waals surface area contributed by atoms with E-state index in [2.05, 4.69) is 186 Å². The lowest BCUT2D eigenvalue weighted by molar-refractivity contribution is 0.477. The van der Waals surface area contributed by atoms with Crippen molar-refractivity contribution in [3.63, 3.8) is 0 Å². The molecule has 0 amide bonds. The quantitative estimate of drug-likeness (QED) is 0.173. The predicted molar refractivity (Wildman–Crippen MR) is 273 cm³/mol. The fraction of sp³-hybridized carbons (Fsp3) is 0.131. The molecule has 0 unspecified atom stereocenters. The molecule has 10 aromatic rings. The summed E-state index contributed by atoms with van der Waals surface area (Å²) in [5, 5.41) is 23.3. The maximum absolute atomic E-state index is 11.3. The van der Waals surface area contributed by atoms with Crippen LogP contribution in [0.25, 0.3) is 94.6 Å². The van der Waals surface area contributed by atoms with E-state index in [9.17, 15) is 10.4 Å².